The van der Waals surface area contributed by atoms with Gasteiger partial charge in [0.1, 0.15) is 11.4 Å². The van der Waals surface area contributed by atoms with Crippen molar-refractivity contribution in [2.75, 3.05) is 26.2 Å². The van der Waals surface area contributed by atoms with E-state index in [1.165, 1.54) is 32.0 Å². The van der Waals surface area contributed by atoms with E-state index in [1.807, 2.05) is 23.9 Å². The van der Waals surface area contributed by atoms with Crippen LogP contribution in [0.1, 0.15) is 18.4 Å². The summed E-state index contributed by atoms with van der Waals surface area (Å²) in [6.45, 7) is 4.08. The average molecular weight is 529 g/mol. The minimum Gasteiger partial charge on any atom is -0.473 e. The number of hydrogen-bond donors (Lipinski definition) is 4. The van der Waals surface area contributed by atoms with Crippen LogP contribution in [0.2, 0.25) is 0 Å². The fraction of sp³-hybridized carbons (Fsp3) is 0.409. The Morgan fingerprint density at radius 3 is 2.00 bits per heavy atom. The number of rotatable bonds is 1. The lowest BCUT2D eigenvalue weighted by Crippen LogP contribution is -2.60. The van der Waals surface area contributed by atoms with Gasteiger partial charge in [0.25, 0.3) is 0 Å². The molecule has 1 aromatic heterocycles. The number of benzene rings is 1. The van der Waals surface area contributed by atoms with Gasteiger partial charge in [0.05, 0.1) is 12.1 Å². The molecule has 0 saturated carbocycles. The number of piperidine rings is 3. The Hall–Kier alpha value is -4.08. The molecule has 204 valence electrons. The van der Waals surface area contributed by atoms with Crippen LogP contribution in [0.3, 0.4) is 0 Å². The molecule has 4 aliphatic rings. The molecular weight excluding hydrogens is 501 g/mol. The van der Waals surface area contributed by atoms with E-state index in [1.54, 1.807) is 6.07 Å². The lowest BCUT2D eigenvalue weighted by atomic mass is 9.75. The van der Waals surface area contributed by atoms with Gasteiger partial charge < -0.3 is 40.7 Å². The minimum absolute atomic E-state index is 0. The molecule has 1 spiro atoms. The lowest BCUT2D eigenvalue weighted by molar-refractivity contribution is -0.159. The molecule has 1 atom stereocenters. The fourth-order valence-electron chi connectivity index (χ4n) is 4.56. The summed E-state index contributed by atoms with van der Waals surface area (Å²) < 4.78 is 22.1. The molecule has 0 amide bonds. The SMILES string of the molecule is Cn1cc(C2=NCC3(CN4CCC3CC4)O2)c2cc(F)ccc21.O.O.O=C(O)C(=O)O.O=C(O)C(=O)O. The van der Waals surface area contributed by atoms with Gasteiger partial charge >= 0.3 is 23.9 Å². The van der Waals surface area contributed by atoms with Crippen molar-refractivity contribution in [2.45, 2.75) is 18.4 Å². The summed E-state index contributed by atoms with van der Waals surface area (Å²) in [6, 6.07) is 4.89. The highest BCUT2D eigenvalue weighted by atomic mass is 19.1. The van der Waals surface area contributed by atoms with Crippen LogP contribution in [-0.2, 0) is 31.0 Å². The molecule has 5 heterocycles. The summed E-state index contributed by atoms with van der Waals surface area (Å²) in [6.07, 6.45) is 4.41. The third kappa shape index (κ3) is 6.78. The number of aromatic nitrogens is 1. The number of carboxylic acids is 4. The predicted molar refractivity (Wildman–Crippen MR) is 125 cm³/mol. The first-order valence-electron chi connectivity index (χ1n) is 10.6. The predicted octanol–water partition coefficient (Wildman–Crippen LogP) is -0.780. The topological polar surface area (TPSA) is 242 Å². The van der Waals surface area contributed by atoms with E-state index in [0.717, 1.165) is 29.6 Å². The number of aliphatic carboxylic acids is 4. The molecule has 3 saturated heterocycles. The molecule has 0 radical (unpaired) electrons. The van der Waals surface area contributed by atoms with Crippen molar-refractivity contribution >= 4 is 40.7 Å². The third-order valence-corrected chi connectivity index (χ3v) is 6.16. The number of aliphatic imine (C=N–C) groups is 1. The van der Waals surface area contributed by atoms with Crippen LogP contribution >= 0.6 is 0 Å². The molecule has 1 unspecified atom stereocenters. The Morgan fingerprint density at radius 1 is 1.00 bits per heavy atom. The quantitative estimate of drug-likeness (QED) is 0.336. The number of fused-ring (bicyclic) bond motifs is 3. The molecule has 2 aromatic rings. The second kappa shape index (κ2) is 12.2. The summed E-state index contributed by atoms with van der Waals surface area (Å²) in [7, 11) is 1.98. The molecule has 6 rings (SSSR count). The van der Waals surface area contributed by atoms with E-state index in [9.17, 15) is 4.39 Å². The fourth-order valence-corrected chi connectivity index (χ4v) is 4.56. The van der Waals surface area contributed by atoms with Gasteiger partial charge in [-0.25, -0.2) is 28.6 Å². The highest BCUT2D eigenvalue weighted by Gasteiger charge is 2.51. The highest BCUT2D eigenvalue weighted by molar-refractivity contribution is 6.27. The van der Waals surface area contributed by atoms with Gasteiger partial charge in [-0.05, 0) is 44.1 Å². The van der Waals surface area contributed by atoms with E-state index in [2.05, 4.69) is 4.90 Å². The van der Waals surface area contributed by atoms with Crippen LogP contribution in [0, 0.1) is 11.7 Å². The van der Waals surface area contributed by atoms with Crippen LogP contribution < -0.4 is 0 Å². The summed E-state index contributed by atoms with van der Waals surface area (Å²) in [4.78, 5) is 43.6. The summed E-state index contributed by atoms with van der Waals surface area (Å²) >= 11 is 0. The van der Waals surface area contributed by atoms with Gasteiger partial charge in [-0.15, -0.1) is 0 Å². The van der Waals surface area contributed by atoms with E-state index in [4.69, 9.17) is 49.3 Å². The number of ether oxygens (including phenoxy) is 1. The van der Waals surface area contributed by atoms with Crippen LogP contribution in [0.5, 0.6) is 0 Å². The molecule has 0 aliphatic carbocycles. The minimum atomic E-state index is -1.82. The smallest absolute Gasteiger partial charge is 0.414 e. The lowest BCUT2D eigenvalue weighted by Gasteiger charge is -2.50. The number of carbonyl (C=O) groups is 4. The first-order chi connectivity index (χ1) is 16.4. The Morgan fingerprint density at radius 2 is 1.54 bits per heavy atom. The molecular formula is C22H28FN3O11. The van der Waals surface area contributed by atoms with Crippen molar-refractivity contribution in [1.29, 1.82) is 0 Å². The molecule has 2 bridgehead atoms. The van der Waals surface area contributed by atoms with Crippen molar-refractivity contribution in [2.24, 2.45) is 18.0 Å². The Balaban J connectivity index is 0.000000416. The largest absolute Gasteiger partial charge is 0.473 e. The number of nitrogens with zero attached hydrogens (tertiary/aromatic N) is 3. The maximum Gasteiger partial charge on any atom is 0.414 e. The van der Waals surface area contributed by atoms with Crippen LogP contribution in [0.25, 0.3) is 10.9 Å². The molecule has 1 aromatic carbocycles. The van der Waals surface area contributed by atoms with Crippen molar-refractivity contribution in [1.82, 2.24) is 9.47 Å². The van der Waals surface area contributed by atoms with Crippen molar-refractivity contribution < 1.29 is 59.7 Å². The standard InChI is InChI=1S/C18H20FN3O.2C2H2O4.2H2O/c1-21-9-15(14-8-13(19)2-3-16(14)21)17-20-10-18(23-17)11-22-6-4-12(18)5-7-22;2*3-1(4)2(5)6;;/h2-3,8-9,12H,4-7,10-11H2,1H3;2*(H,3,4)(H,5,6);2*1H2. The number of halogens is 1. The Bertz CT molecular complexity index is 1160. The Labute approximate surface area is 208 Å². The van der Waals surface area contributed by atoms with Crippen molar-refractivity contribution in [3.05, 3.63) is 35.8 Å². The molecule has 3 fully saturated rings. The number of hydrogen-bond acceptors (Lipinski definition) is 7. The van der Waals surface area contributed by atoms with Crippen LogP contribution in [0.15, 0.2) is 29.4 Å². The first kappa shape index (κ1) is 31.0. The van der Waals surface area contributed by atoms with Crippen molar-refractivity contribution in [3.8, 4) is 0 Å². The van der Waals surface area contributed by atoms with E-state index in [-0.39, 0.29) is 22.4 Å². The van der Waals surface area contributed by atoms with Gasteiger partial charge in [0.15, 0.2) is 0 Å². The van der Waals surface area contributed by atoms with Crippen molar-refractivity contribution in [3.63, 3.8) is 0 Å². The summed E-state index contributed by atoms with van der Waals surface area (Å²) in [5, 5.41) is 30.4. The number of aryl methyl sites for hydroxylation is 1. The Kier molecular flexibility index (Phi) is 10.2. The van der Waals surface area contributed by atoms with Gasteiger partial charge in [-0.2, -0.15) is 0 Å². The van der Waals surface area contributed by atoms with E-state index in [0.29, 0.717) is 11.8 Å². The average Bonchev–Trinajstić information content (AvgIpc) is 3.36. The maximum atomic E-state index is 13.7. The molecule has 15 heteroatoms. The van der Waals surface area contributed by atoms with E-state index >= 15 is 0 Å². The normalized spacial score (nSPS) is 22.6. The van der Waals surface area contributed by atoms with Crippen LogP contribution in [-0.4, -0.2) is 102 Å². The third-order valence-electron chi connectivity index (χ3n) is 6.16. The first-order valence-corrected chi connectivity index (χ1v) is 10.6. The highest BCUT2D eigenvalue weighted by Crippen LogP contribution is 2.42. The monoisotopic (exact) mass is 529 g/mol. The second-order valence-corrected chi connectivity index (χ2v) is 8.37. The summed E-state index contributed by atoms with van der Waals surface area (Å²) in [5.41, 5.74) is 1.76. The second-order valence-electron chi connectivity index (χ2n) is 8.37. The zero-order valence-corrected chi connectivity index (χ0v) is 19.7. The molecule has 14 nitrogen and oxygen atoms in total. The maximum absolute atomic E-state index is 13.7. The van der Waals surface area contributed by atoms with E-state index < -0.39 is 23.9 Å². The van der Waals surface area contributed by atoms with Gasteiger partial charge in [0.2, 0.25) is 5.90 Å². The molecule has 37 heavy (non-hydrogen) atoms. The summed E-state index contributed by atoms with van der Waals surface area (Å²) in [5.74, 6) is -6.23. The van der Waals surface area contributed by atoms with Gasteiger partial charge in [-0.3, -0.25) is 4.90 Å². The zero-order valence-electron chi connectivity index (χ0n) is 19.7. The number of carboxylic acid groups (broad SMARTS) is 4. The zero-order chi connectivity index (χ0) is 25.9. The molecule has 8 N–H and O–H groups in total. The van der Waals surface area contributed by atoms with Gasteiger partial charge in [-0.1, -0.05) is 0 Å². The van der Waals surface area contributed by atoms with Crippen LogP contribution in [0.4, 0.5) is 4.39 Å². The van der Waals surface area contributed by atoms with Gasteiger partial charge in [0, 0.05) is 36.6 Å². The molecule has 4 aliphatic heterocycles.